The highest BCUT2D eigenvalue weighted by atomic mass is 16.2. The molecule has 0 bridgehead atoms. The lowest BCUT2D eigenvalue weighted by Crippen LogP contribution is -2.49. The van der Waals surface area contributed by atoms with Crippen molar-refractivity contribution in [2.75, 3.05) is 6.54 Å². The molecule has 5 nitrogen and oxygen atoms in total. The summed E-state index contributed by atoms with van der Waals surface area (Å²) in [4.78, 5) is 25.4. The summed E-state index contributed by atoms with van der Waals surface area (Å²) in [5.41, 5.74) is 6.26. The van der Waals surface area contributed by atoms with E-state index >= 15 is 0 Å². The molecular formula is C15H27N3O2. The summed E-state index contributed by atoms with van der Waals surface area (Å²) < 4.78 is 0. The molecule has 0 saturated carbocycles. The zero-order chi connectivity index (χ0) is 15.1. The lowest BCUT2D eigenvalue weighted by molar-refractivity contribution is -0.137. The van der Waals surface area contributed by atoms with Crippen LogP contribution in [-0.2, 0) is 9.59 Å². The SMILES string of the molecule is C=C(N)C(CCCCC)NC(=O)C1CCCN1C(C)=O. The first kappa shape index (κ1) is 16.5. The standard InChI is InChI=1S/C15H27N3O2/c1-4-5-6-8-13(11(2)16)17-15(20)14-9-7-10-18(14)12(3)19/h13-14H,2,4-10,16H2,1,3H3,(H,17,20). The number of unbranched alkanes of at least 4 members (excludes halogenated alkanes) is 2. The van der Waals surface area contributed by atoms with Crippen LogP contribution in [0.25, 0.3) is 0 Å². The van der Waals surface area contributed by atoms with E-state index in [1.54, 1.807) is 4.90 Å². The van der Waals surface area contributed by atoms with Gasteiger partial charge in [0, 0.05) is 19.2 Å². The predicted molar refractivity (Wildman–Crippen MR) is 79.8 cm³/mol. The molecule has 0 aromatic carbocycles. The number of nitrogens with two attached hydrogens (primary N) is 1. The van der Waals surface area contributed by atoms with Gasteiger partial charge in [-0.3, -0.25) is 9.59 Å². The highest BCUT2D eigenvalue weighted by Gasteiger charge is 2.33. The van der Waals surface area contributed by atoms with E-state index in [2.05, 4.69) is 18.8 Å². The summed E-state index contributed by atoms with van der Waals surface area (Å²) >= 11 is 0. The molecule has 1 rings (SSSR count). The van der Waals surface area contributed by atoms with Crippen molar-refractivity contribution in [1.29, 1.82) is 0 Å². The Bertz CT molecular complexity index is 368. The first-order valence-electron chi connectivity index (χ1n) is 7.49. The third kappa shape index (κ3) is 4.54. The van der Waals surface area contributed by atoms with Gasteiger partial charge in [-0.1, -0.05) is 32.8 Å². The molecule has 2 amide bonds. The molecule has 1 saturated heterocycles. The summed E-state index contributed by atoms with van der Waals surface area (Å²) in [6.07, 6.45) is 5.66. The van der Waals surface area contributed by atoms with Gasteiger partial charge >= 0.3 is 0 Å². The summed E-state index contributed by atoms with van der Waals surface area (Å²) in [6, 6.07) is -0.538. The minimum Gasteiger partial charge on any atom is -0.401 e. The van der Waals surface area contributed by atoms with E-state index in [1.807, 2.05) is 0 Å². The minimum absolute atomic E-state index is 0.0447. The number of carbonyl (C=O) groups is 2. The van der Waals surface area contributed by atoms with Gasteiger partial charge in [0.25, 0.3) is 0 Å². The summed E-state index contributed by atoms with van der Waals surface area (Å²) in [5.74, 6) is -0.150. The maximum Gasteiger partial charge on any atom is 0.243 e. The van der Waals surface area contributed by atoms with E-state index < -0.39 is 0 Å². The second kappa shape index (κ2) is 7.92. The summed E-state index contributed by atoms with van der Waals surface area (Å²) in [6.45, 7) is 8.05. The third-order valence-corrected chi connectivity index (χ3v) is 3.82. The molecule has 0 aromatic rings. The molecule has 0 aliphatic carbocycles. The van der Waals surface area contributed by atoms with Crippen LogP contribution in [0.4, 0.5) is 0 Å². The van der Waals surface area contributed by atoms with E-state index in [4.69, 9.17) is 5.73 Å². The van der Waals surface area contributed by atoms with Crippen LogP contribution < -0.4 is 11.1 Å². The average Bonchev–Trinajstić information content (AvgIpc) is 2.86. The van der Waals surface area contributed by atoms with Gasteiger partial charge in [-0.25, -0.2) is 0 Å². The fourth-order valence-electron chi connectivity index (χ4n) is 2.63. The van der Waals surface area contributed by atoms with Gasteiger partial charge < -0.3 is 16.0 Å². The van der Waals surface area contributed by atoms with Gasteiger partial charge in [0.15, 0.2) is 0 Å². The molecule has 0 radical (unpaired) electrons. The van der Waals surface area contributed by atoms with Gasteiger partial charge in [0.2, 0.25) is 11.8 Å². The predicted octanol–water partition coefficient (Wildman–Crippen LogP) is 1.53. The topological polar surface area (TPSA) is 75.4 Å². The molecule has 114 valence electrons. The van der Waals surface area contributed by atoms with Crippen molar-refractivity contribution in [2.24, 2.45) is 5.73 Å². The first-order chi connectivity index (χ1) is 9.47. The molecule has 1 aliphatic rings. The molecular weight excluding hydrogens is 254 g/mol. The zero-order valence-corrected chi connectivity index (χ0v) is 12.7. The number of nitrogens with one attached hydrogen (secondary N) is 1. The van der Waals surface area contributed by atoms with Crippen molar-refractivity contribution in [3.05, 3.63) is 12.3 Å². The van der Waals surface area contributed by atoms with Gasteiger partial charge in [-0.2, -0.15) is 0 Å². The van der Waals surface area contributed by atoms with Crippen molar-refractivity contribution in [1.82, 2.24) is 10.2 Å². The van der Waals surface area contributed by atoms with Crippen LogP contribution in [0.1, 0.15) is 52.4 Å². The lowest BCUT2D eigenvalue weighted by atomic mass is 10.1. The van der Waals surface area contributed by atoms with E-state index in [9.17, 15) is 9.59 Å². The summed E-state index contributed by atoms with van der Waals surface area (Å²) in [5, 5.41) is 2.94. The highest BCUT2D eigenvalue weighted by Crippen LogP contribution is 2.18. The maximum atomic E-state index is 12.3. The van der Waals surface area contributed by atoms with Crippen molar-refractivity contribution in [3.63, 3.8) is 0 Å². The van der Waals surface area contributed by atoms with E-state index in [0.717, 1.165) is 38.5 Å². The van der Waals surface area contributed by atoms with Gasteiger partial charge in [0.1, 0.15) is 6.04 Å². The molecule has 20 heavy (non-hydrogen) atoms. The smallest absolute Gasteiger partial charge is 0.243 e. The second-order valence-corrected chi connectivity index (χ2v) is 5.50. The Morgan fingerprint density at radius 2 is 2.15 bits per heavy atom. The Balaban J connectivity index is 2.56. The van der Waals surface area contributed by atoms with Crippen molar-refractivity contribution < 1.29 is 9.59 Å². The van der Waals surface area contributed by atoms with E-state index in [-0.39, 0.29) is 23.9 Å². The number of hydrogen-bond donors (Lipinski definition) is 2. The maximum absolute atomic E-state index is 12.3. The highest BCUT2D eigenvalue weighted by molar-refractivity contribution is 5.87. The quantitative estimate of drug-likeness (QED) is 0.695. The van der Waals surface area contributed by atoms with Crippen LogP contribution in [0.2, 0.25) is 0 Å². The number of amides is 2. The number of carbonyl (C=O) groups excluding carboxylic acids is 2. The molecule has 5 heteroatoms. The van der Waals surface area contributed by atoms with Crippen molar-refractivity contribution >= 4 is 11.8 Å². The molecule has 1 fully saturated rings. The van der Waals surface area contributed by atoms with Crippen molar-refractivity contribution in [2.45, 2.75) is 64.5 Å². The van der Waals surface area contributed by atoms with Gasteiger partial charge in [-0.05, 0) is 19.3 Å². The molecule has 1 heterocycles. The van der Waals surface area contributed by atoms with Crippen LogP contribution in [0.15, 0.2) is 12.3 Å². The molecule has 1 aliphatic heterocycles. The van der Waals surface area contributed by atoms with Crippen LogP contribution >= 0.6 is 0 Å². The summed E-state index contributed by atoms with van der Waals surface area (Å²) in [7, 11) is 0. The average molecular weight is 281 g/mol. The molecule has 3 N–H and O–H groups in total. The monoisotopic (exact) mass is 281 g/mol. The second-order valence-electron chi connectivity index (χ2n) is 5.50. The number of hydrogen-bond acceptors (Lipinski definition) is 3. The number of likely N-dealkylation sites (tertiary alicyclic amines) is 1. The Labute approximate surface area is 121 Å². The Hall–Kier alpha value is -1.52. The van der Waals surface area contributed by atoms with Gasteiger partial charge in [0.05, 0.1) is 6.04 Å². The molecule has 0 spiro atoms. The Morgan fingerprint density at radius 1 is 1.45 bits per heavy atom. The Morgan fingerprint density at radius 3 is 2.70 bits per heavy atom. The van der Waals surface area contributed by atoms with Crippen LogP contribution in [0, 0.1) is 0 Å². The normalized spacial score (nSPS) is 19.7. The molecule has 2 unspecified atom stereocenters. The van der Waals surface area contributed by atoms with Gasteiger partial charge in [-0.15, -0.1) is 0 Å². The van der Waals surface area contributed by atoms with Crippen molar-refractivity contribution in [3.8, 4) is 0 Å². The lowest BCUT2D eigenvalue weighted by Gasteiger charge is -2.26. The number of rotatable bonds is 7. The Kier molecular flexibility index (Phi) is 6.55. The fraction of sp³-hybridized carbons (Fsp3) is 0.733. The molecule has 0 aromatic heterocycles. The van der Waals surface area contributed by atoms with Crippen LogP contribution in [0.5, 0.6) is 0 Å². The fourth-order valence-corrected chi connectivity index (χ4v) is 2.63. The zero-order valence-electron chi connectivity index (χ0n) is 12.7. The minimum atomic E-state index is -0.347. The van der Waals surface area contributed by atoms with Crippen LogP contribution in [-0.4, -0.2) is 35.3 Å². The van der Waals surface area contributed by atoms with Crippen LogP contribution in [0.3, 0.4) is 0 Å². The first-order valence-corrected chi connectivity index (χ1v) is 7.49. The molecule has 2 atom stereocenters. The third-order valence-electron chi connectivity index (χ3n) is 3.82. The number of nitrogens with zero attached hydrogens (tertiary/aromatic N) is 1. The van der Waals surface area contributed by atoms with E-state index in [1.165, 1.54) is 6.92 Å². The van der Waals surface area contributed by atoms with E-state index in [0.29, 0.717) is 12.2 Å². The largest absolute Gasteiger partial charge is 0.401 e.